The fourth-order valence-electron chi connectivity index (χ4n) is 2.29. The van der Waals surface area contributed by atoms with E-state index >= 15 is 0 Å². The van der Waals surface area contributed by atoms with Gasteiger partial charge in [0.15, 0.2) is 0 Å². The van der Waals surface area contributed by atoms with Gasteiger partial charge in [0.25, 0.3) is 0 Å². The monoisotopic (exact) mass is 306 g/mol. The molecule has 3 N–H and O–H groups in total. The van der Waals surface area contributed by atoms with Crippen LogP contribution in [0.2, 0.25) is 0 Å². The van der Waals surface area contributed by atoms with Gasteiger partial charge in [-0.1, -0.05) is 6.07 Å². The number of primary amides is 1. The van der Waals surface area contributed by atoms with Crippen molar-refractivity contribution in [1.82, 2.24) is 15.2 Å². The summed E-state index contributed by atoms with van der Waals surface area (Å²) in [5.74, 6) is -0.0194. The molecular formula is C15H22N4O3. The molecule has 0 saturated carbocycles. The van der Waals surface area contributed by atoms with Crippen LogP contribution in [-0.4, -0.2) is 41.0 Å². The number of carbonyl (C=O) groups is 2. The van der Waals surface area contributed by atoms with Gasteiger partial charge >= 0.3 is 6.03 Å². The van der Waals surface area contributed by atoms with Crippen molar-refractivity contribution < 1.29 is 14.3 Å². The molecule has 0 spiro atoms. The highest BCUT2D eigenvalue weighted by Gasteiger charge is 2.29. The summed E-state index contributed by atoms with van der Waals surface area (Å²) in [6.45, 7) is 5.20. The smallest absolute Gasteiger partial charge is 0.317 e. The molecule has 1 atom stereocenters. The third-order valence-electron chi connectivity index (χ3n) is 3.48. The number of hydrogen-bond donors (Lipinski definition) is 2. The molecule has 0 radical (unpaired) electrons. The molecule has 7 nitrogen and oxygen atoms in total. The largest absolute Gasteiger partial charge is 0.475 e. The van der Waals surface area contributed by atoms with Crippen molar-refractivity contribution in [3.8, 4) is 5.88 Å². The van der Waals surface area contributed by atoms with Gasteiger partial charge in [-0.2, -0.15) is 0 Å². The quantitative estimate of drug-likeness (QED) is 0.844. The number of rotatable bonds is 5. The van der Waals surface area contributed by atoms with Crippen LogP contribution in [0.15, 0.2) is 18.3 Å². The maximum absolute atomic E-state index is 12.0. The van der Waals surface area contributed by atoms with E-state index in [1.54, 1.807) is 17.2 Å². The van der Waals surface area contributed by atoms with Crippen LogP contribution in [0, 0.1) is 5.92 Å². The van der Waals surface area contributed by atoms with Gasteiger partial charge in [0.1, 0.15) is 0 Å². The van der Waals surface area contributed by atoms with Crippen LogP contribution >= 0.6 is 0 Å². The molecule has 0 aromatic carbocycles. The molecule has 22 heavy (non-hydrogen) atoms. The minimum atomic E-state index is -0.347. The fourth-order valence-corrected chi connectivity index (χ4v) is 2.29. The van der Waals surface area contributed by atoms with Crippen molar-refractivity contribution >= 4 is 11.9 Å². The van der Waals surface area contributed by atoms with Crippen molar-refractivity contribution in [1.29, 1.82) is 0 Å². The Morgan fingerprint density at radius 1 is 1.50 bits per heavy atom. The molecule has 1 aromatic heterocycles. The van der Waals surface area contributed by atoms with E-state index in [0.29, 0.717) is 31.9 Å². The van der Waals surface area contributed by atoms with Gasteiger partial charge in [0, 0.05) is 31.9 Å². The summed E-state index contributed by atoms with van der Waals surface area (Å²) in [7, 11) is 0. The predicted octanol–water partition coefficient (Wildman–Crippen LogP) is 0.886. The molecule has 0 bridgehead atoms. The second-order valence-corrected chi connectivity index (χ2v) is 5.66. The highest BCUT2D eigenvalue weighted by Crippen LogP contribution is 2.15. The minimum Gasteiger partial charge on any atom is -0.475 e. The molecule has 2 rings (SSSR count). The van der Waals surface area contributed by atoms with Crippen molar-refractivity contribution in [3.63, 3.8) is 0 Å². The van der Waals surface area contributed by atoms with Gasteiger partial charge in [-0.3, -0.25) is 4.79 Å². The molecule has 1 aliphatic rings. The molecule has 120 valence electrons. The summed E-state index contributed by atoms with van der Waals surface area (Å²) in [5, 5.41) is 2.81. The highest BCUT2D eigenvalue weighted by molar-refractivity contribution is 5.80. The zero-order valence-corrected chi connectivity index (χ0v) is 12.9. The number of nitrogens with two attached hydrogens (primary N) is 1. The summed E-state index contributed by atoms with van der Waals surface area (Å²) in [5.41, 5.74) is 6.14. The first-order valence-corrected chi connectivity index (χ1v) is 7.39. The number of aromatic nitrogens is 1. The topological polar surface area (TPSA) is 97.5 Å². The van der Waals surface area contributed by atoms with Crippen molar-refractivity contribution in [2.45, 2.75) is 32.9 Å². The van der Waals surface area contributed by atoms with Gasteiger partial charge < -0.3 is 20.7 Å². The lowest BCUT2D eigenvalue weighted by atomic mass is 10.1. The van der Waals surface area contributed by atoms with Crippen LogP contribution in [0.5, 0.6) is 5.88 Å². The lowest BCUT2D eigenvalue weighted by Gasteiger charge is -2.17. The third-order valence-corrected chi connectivity index (χ3v) is 3.48. The molecular weight excluding hydrogens is 284 g/mol. The standard InChI is InChI=1S/C15H22N4O3/c1-10(2)22-13-4-3-11(7-17-13)8-18-15(21)19-6-5-12(9-19)14(16)20/h3-4,7,10,12H,5-6,8-9H2,1-2H3,(H2,16,20)(H,18,21)/t12-/m0/s1. The number of amides is 3. The average Bonchev–Trinajstić information content (AvgIpc) is 2.96. The van der Waals surface area contributed by atoms with Gasteiger partial charge in [-0.05, 0) is 25.8 Å². The highest BCUT2D eigenvalue weighted by atomic mass is 16.5. The number of hydrogen-bond acceptors (Lipinski definition) is 4. The normalized spacial score (nSPS) is 17.6. The Labute approximate surface area is 129 Å². The third kappa shape index (κ3) is 4.34. The van der Waals surface area contributed by atoms with Crippen LogP contribution in [0.25, 0.3) is 0 Å². The van der Waals surface area contributed by atoms with Gasteiger partial charge in [-0.15, -0.1) is 0 Å². The first kappa shape index (κ1) is 16.1. The van der Waals surface area contributed by atoms with Crippen molar-refractivity contribution in [3.05, 3.63) is 23.9 Å². The lowest BCUT2D eigenvalue weighted by Crippen LogP contribution is -2.39. The van der Waals surface area contributed by atoms with Crippen molar-refractivity contribution in [2.24, 2.45) is 11.7 Å². The van der Waals surface area contributed by atoms with E-state index in [4.69, 9.17) is 10.5 Å². The predicted molar refractivity (Wildman–Crippen MR) is 81.1 cm³/mol. The van der Waals surface area contributed by atoms with Crippen LogP contribution in [0.3, 0.4) is 0 Å². The zero-order chi connectivity index (χ0) is 16.1. The Balaban J connectivity index is 1.80. The van der Waals surface area contributed by atoms with Crippen LogP contribution in [-0.2, 0) is 11.3 Å². The second kappa shape index (κ2) is 7.11. The molecule has 1 saturated heterocycles. The second-order valence-electron chi connectivity index (χ2n) is 5.66. The fraction of sp³-hybridized carbons (Fsp3) is 0.533. The minimum absolute atomic E-state index is 0.0754. The van der Waals surface area contributed by atoms with Crippen LogP contribution in [0.4, 0.5) is 4.79 Å². The van der Waals surface area contributed by atoms with E-state index in [2.05, 4.69) is 10.3 Å². The number of urea groups is 1. The Hall–Kier alpha value is -2.31. The lowest BCUT2D eigenvalue weighted by molar-refractivity contribution is -0.121. The first-order valence-electron chi connectivity index (χ1n) is 7.39. The molecule has 7 heteroatoms. The Bertz CT molecular complexity index is 530. The number of pyridine rings is 1. The van der Waals surface area contributed by atoms with E-state index in [0.717, 1.165) is 5.56 Å². The number of nitrogens with zero attached hydrogens (tertiary/aromatic N) is 2. The van der Waals surface area contributed by atoms with E-state index < -0.39 is 0 Å². The van der Waals surface area contributed by atoms with E-state index in [1.807, 2.05) is 19.9 Å². The maximum Gasteiger partial charge on any atom is 0.317 e. The number of ether oxygens (including phenoxy) is 1. The molecule has 0 unspecified atom stereocenters. The number of carbonyl (C=O) groups excluding carboxylic acids is 2. The summed E-state index contributed by atoms with van der Waals surface area (Å²) in [6.07, 6.45) is 2.38. The Morgan fingerprint density at radius 2 is 2.27 bits per heavy atom. The molecule has 1 fully saturated rings. The maximum atomic E-state index is 12.0. The molecule has 3 amide bonds. The number of likely N-dealkylation sites (tertiary alicyclic amines) is 1. The van der Waals surface area contributed by atoms with Crippen LogP contribution in [0.1, 0.15) is 25.8 Å². The van der Waals surface area contributed by atoms with E-state index in [9.17, 15) is 9.59 Å². The van der Waals surface area contributed by atoms with E-state index in [1.165, 1.54) is 0 Å². The van der Waals surface area contributed by atoms with E-state index in [-0.39, 0.29) is 24.0 Å². The Kier molecular flexibility index (Phi) is 5.19. The average molecular weight is 306 g/mol. The summed E-state index contributed by atoms with van der Waals surface area (Å²) in [6, 6.07) is 3.45. The van der Waals surface area contributed by atoms with Crippen molar-refractivity contribution in [2.75, 3.05) is 13.1 Å². The first-order chi connectivity index (χ1) is 10.5. The number of nitrogens with one attached hydrogen (secondary N) is 1. The molecule has 1 aromatic rings. The molecule has 0 aliphatic carbocycles. The summed E-state index contributed by atoms with van der Waals surface area (Å²) >= 11 is 0. The van der Waals surface area contributed by atoms with Gasteiger partial charge in [0.2, 0.25) is 11.8 Å². The molecule has 2 heterocycles. The van der Waals surface area contributed by atoms with Gasteiger partial charge in [-0.25, -0.2) is 9.78 Å². The van der Waals surface area contributed by atoms with Crippen LogP contribution < -0.4 is 15.8 Å². The molecule has 1 aliphatic heterocycles. The van der Waals surface area contributed by atoms with Gasteiger partial charge in [0.05, 0.1) is 12.0 Å². The zero-order valence-electron chi connectivity index (χ0n) is 12.9. The summed E-state index contributed by atoms with van der Waals surface area (Å²) in [4.78, 5) is 28.9. The summed E-state index contributed by atoms with van der Waals surface area (Å²) < 4.78 is 5.46. The SMILES string of the molecule is CC(C)Oc1ccc(CNC(=O)N2CC[C@H](C(N)=O)C2)cn1. The Morgan fingerprint density at radius 3 is 2.82 bits per heavy atom.